The van der Waals surface area contributed by atoms with E-state index in [0.717, 1.165) is 48.2 Å². The predicted molar refractivity (Wildman–Crippen MR) is 107 cm³/mol. The summed E-state index contributed by atoms with van der Waals surface area (Å²) in [6.45, 7) is 2.12. The molecular weight excluding hydrogens is 338 g/mol. The smallest absolute Gasteiger partial charge is 0.225 e. The number of carbonyl (C=O) groups is 1. The van der Waals surface area contributed by atoms with E-state index in [-0.39, 0.29) is 12.5 Å². The van der Waals surface area contributed by atoms with Crippen LogP contribution in [-0.2, 0) is 17.8 Å². The van der Waals surface area contributed by atoms with Gasteiger partial charge in [0.2, 0.25) is 5.91 Å². The maximum absolute atomic E-state index is 12.5. The lowest BCUT2D eigenvalue weighted by Gasteiger charge is -2.21. The van der Waals surface area contributed by atoms with Gasteiger partial charge >= 0.3 is 0 Å². The standard InChI is InChI=1S/C22H29N3O2/c1-2-6-19-22(25-21(27)13-16-7-4-3-5-8-16)23-14-20(24-19)18-11-9-17(15-26)10-12-18/h9-12,14,16,26H,2-8,13,15H2,1H3,(H,23,25,27). The molecule has 1 saturated carbocycles. The van der Waals surface area contributed by atoms with Gasteiger partial charge in [0.1, 0.15) is 0 Å². The third-order valence-corrected chi connectivity index (χ3v) is 5.22. The number of rotatable bonds is 7. The highest BCUT2D eigenvalue weighted by Crippen LogP contribution is 2.27. The molecule has 1 aliphatic rings. The molecular formula is C22H29N3O2. The summed E-state index contributed by atoms with van der Waals surface area (Å²) in [7, 11) is 0. The van der Waals surface area contributed by atoms with Crippen molar-refractivity contribution in [3.8, 4) is 11.3 Å². The minimum absolute atomic E-state index is 0.0268. The van der Waals surface area contributed by atoms with Crippen molar-refractivity contribution in [2.24, 2.45) is 5.92 Å². The predicted octanol–water partition coefficient (Wildman–Crippen LogP) is 4.50. The molecule has 2 N–H and O–H groups in total. The molecule has 0 unspecified atom stereocenters. The molecule has 0 bridgehead atoms. The zero-order valence-corrected chi connectivity index (χ0v) is 16.1. The van der Waals surface area contributed by atoms with E-state index in [1.807, 2.05) is 24.3 Å². The van der Waals surface area contributed by atoms with E-state index in [2.05, 4.69) is 17.2 Å². The number of hydrogen-bond acceptors (Lipinski definition) is 4. The lowest BCUT2D eigenvalue weighted by molar-refractivity contribution is -0.117. The Morgan fingerprint density at radius 3 is 2.59 bits per heavy atom. The van der Waals surface area contributed by atoms with E-state index in [0.29, 0.717) is 18.2 Å². The van der Waals surface area contributed by atoms with E-state index in [4.69, 9.17) is 4.98 Å². The Bertz CT molecular complexity index is 753. The quantitative estimate of drug-likeness (QED) is 0.756. The Kier molecular flexibility index (Phi) is 6.93. The highest BCUT2D eigenvalue weighted by Gasteiger charge is 2.18. The second-order valence-electron chi connectivity index (χ2n) is 7.41. The van der Waals surface area contributed by atoms with Gasteiger partial charge in [-0.2, -0.15) is 0 Å². The number of anilines is 1. The fraction of sp³-hybridized carbons (Fsp3) is 0.500. The van der Waals surface area contributed by atoms with Crippen LogP contribution in [0.15, 0.2) is 30.5 Å². The molecule has 2 aromatic rings. The van der Waals surface area contributed by atoms with Gasteiger partial charge in [0, 0.05) is 12.0 Å². The molecule has 0 spiro atoms. The van der Waals surface area contributed by atoms with Crippen LogP contribution < -0.4 is 5.32 Å². The molecule has 27 heavy (non-hydrogen) atoms. The molecule has 5 heteroatoms. The fourth-order valence-electron chi connectivity index (χ4n) is 3.70. The average molecular weight is 367 g/mol. The maximum atomic E-state index is 12.5. The van der Waals surface area contributed by atoms with E-state index in [1.54, 1.807) is 6.20 Å². The molecule has 3 rings (SSSR count). The van der Waals surface area contributed by atoms with Crippen molar-refractivity contribution in [2.45, 2.75) is 64.9 Å². The van der Waals surface area contributed by atoms with E-state index in [9.17, 15) is 9.90 Å². The van der Waals surface area contributed by atoms with Crippen LogP contribution in [0, 0.1) is 5.92 Å². The first kappa shape index (κ1) is 19.5. The molecule has 0 atom stereocenters. The summed E-state index contributed by atoms with van der Waals surface area (Å²) in [4.78, 5) is 21.7. The zero-order valence-electron chi connectivity index (χ0n) is 16.1. The number of aliphatic hydroxyl groups excluding tert-OH is 1. The van der Waals surface area contributed by atoms with Crippen molar-refractivity contribution in [2.75, 3.05) is 5.32 Å². The Labute approximate surface area is 161 Å². The number of aryl methyl sites for hydroxylation is 1. The molecule has 1 aromatic heterocycles. The number of benzene rings is 1. The van der Waals surface area contributed by atoms with E-state index >= 15 is 0 Å². The first-order chi connectivity index (χ1) is 13.2. The van der Waals surface area contributed by atoms with E-state index < -0.39 is 0 Å². The van der Waals surface area contributed by atoms with Crippen LogP contribution in [0.3, 0.4) is 0 Å². The van der Waals surface area contributed by atoms with Gasteiger partial charge in [0.25, 0.3) is 0 Å². The topological polar surface area (TPSA) is 75.1 Å². The molecule has 1 heterocycles. The molecule has 1 fully saturated rings. The number of hydrogen-bond donors (Lipinski definition) is 2. The van der Waals surface area contributed by atoms with Gasteiger partial charge in [-0.1, -0.05) is 56.9 Å². The number of nitrogens with one attached hydrogen (secondary N) is 1. The van der Waals surface area contributed by atoms with Crippen LogP contribution in [0.25, 0.3) is 11.3 Å². The Hall–Kier alpha value is -2.27. The highest BCUT2D eigenvalue weighted by molar-refractivity contribution is 5.90. The van der Waals surface area contributed by atoms with Crippen molar-refractivity contribution in [3.63, 3.8) is 0 Å². The van der Waals surface area contributed by atoms with Crippen LogP contribution in [-0.4, -0.2) is 21.0 Å². The van der Waals surface area contributed by atoms with Gasteiger partial charge in [0.15, 0.2) is 5.82 Å². The molecule has 1 amide bonds. The number of aromatic nitrogens is 2. The van der Waals surface area contributed by atoms with Crippen molar-refractivity contribution < 1.29 is 9.90 Å². The largest absolute Gasteiger partial charge is 0.392 e. The van der Waals surface area contributed by atoms with Gasteiger partial charge in [-0.05, 0) is 30.7 Å². The lowest BCUT2D eigenvalue weighted by Crippen LogP contribution is -2.20. The monoisotopic (exact) mass is 367 g/mol. The summed E-state index contributed by atoms with van der Waals surface area (Å²) >= 11 is 0. The molecule has 0 radical (unpaired) electrons. The Morgan fingerprint density at radius 1 is 1.19 bits per heavy atom. The minimum atomic E-state index is 0.0268. The molecule has 5 nitrogen and oxygen atoms in total. The SMILES string of the molecule is CCCc1nc(-c2ccc(CO)cc2)cnc1NC(=O)CC1CCCCC1. The van der Waals surface area contributed by atoms with Crippen molar-refractivity contribution in [1.29, 1.82) is 0 Å². The van der Waals surface area contributed by atoms with Gasteiger partial charge < -0.3 is 10.4 Å². The van der Waals surface area contributed by atoms with Crippen LogP contribution >= 0.6 is 0 Å². The molecule has 1 aliphatic carbocycles. The minimum Gasteiger partial charge on any atom is -0.392 e. The van der Waals surface area contributed by atoms with Crippen molar-refractivity contribution in [3.05, 3.63) is 41.7 Å². The molecule has 1 aromatic carbocycles. The Balaban J connectivity index is 1.73. The number of nitrogens with zero attached hydrogens (tertiary/aromatic N) is 2. The second kappa shape index (κ2) is 9.60. The van der Waals surface area contributed by atoms with E-state index in [1.165, 1.54) is 19.3 Å². The summed E-state index contributed by atoms with van der Waals surface area (Å²) in [5.41, 5.74) is 3.44. The first-order valence-electron chi connectivity index (χ1n) is 10.1. The fourth-order valence-corrected chi connectivity index (χ4v) is 3.70. The van der Waals surface area contributed by atoms with Gasteiger partial charge in [-0.25, -0.2) is 9.97 Å². The number of amides is 1. The molecule has 0 aliphatic heterocycles. The number of carbonyl (C=O) groups excluding carboxylic acids is 1. The van der Waals surface area contributed by atoms with Crippen molar-refractivity contribution >= 4 is 11.7 Å². The average Bonchev–Trinajstić information content (AvgIpc) is 2.70. The third kappa shape index (κ3) is 5.36. The maximum Gasteiger partial charge on any atom is 0.225 e. The summed E-state index contributed by atoms with van der Waals surface area (Å²) < 4.78 is 0. The molecule has 0 saturated heterocycles. The van der Waals surface area contributed by atoms with Crippen LogP contribution in [0.4, 0.5) is 5.82 Å². The van der Waals surface area contributed by atoms with Gasteiger partial charge in [0.05, 0.1) is 24.2 Å². The van der Waals surface area contributed by atoms with Gasteiger partial charge in [-0.3, -0.25) is 4.79 Å². The normalized spacial score (nSPS) is 14.9. The summed E-state index contributed by atoms with van der Waals surface area (Å²) in [6, 6.07) is 7.64. The third-order valence-electron chi connectivity index (χ3n) is 5.22. The van der Waals surface area contributed by atoms with Crippen molar-refractivity contribution in [1.82, 2.24) is 9.97 Å². The molecule has 144 valence electrons. The number of aliphatic hydroxyl groups is 1. The Morgan fingerprint density at radius 2 is 1.93 bits per heavy atom. The van der Waals surface area contributed by atoms with Crippen LogP contribution in [0.5, 0.6) is 0 Å². The summed E-state index contributed by atoms with van der Waals surface area (Å²) in [5, 5.41) is 12.2. The zero-order chi connectivity index (χ0) is 19.1. The summed E-state index contributed by atoms with van der Waals surface area (Å²) in [5.74, 6) is 1.15. The second-order valence-corrected chi connectivity index (χ2v) is 7.41. The first-order valence-corrected chi connectivity index (χ1v) is 10.1. The van der Waals surface area contributed by atoms with Gasteiger partial charge in [-0.15, -0.1) is 0 Å². The van der Waals surface area contributed by atoms with Crippen LogP contribution in [0.1, 0.15) is 63.1 Å². The van der Waals surface area contributed by atoms with Crippen LogP contribution in [0.2, 0.25) is 0 Å². The highest BCUT2D eigenvalue weighted by atomic mass is 16.3. The summed E-state index contributed by atoms with van der Waals surface area (Å²) in [6.07, 6.45) is 10.1. The lowest BCUT2D eigenvalue weighted by atomic mass is 9.87.